The van der Waals surface area contributed by atoms with E-state index in [-0.39, 0.29) is 0 Å². The molecule has 9 heteroatoms. The number of rotatable bonds is 5. The van der Waals surface area contributed by atoms with Gasteiger partial charge < -0.3 is 5.32 Å². The summed E-state index contributed by atoms with van der Waals surface area (Å²) in [6, 6.07) is 11.0. The lowest BCUT2D eigenvalue weighted by molar-refractivity contribution is -0.138. The van der Waals surface area contributed by atoms with Crippen molar-refractivity contribution < 1.29 is 31.1 Å². The van der Waals surface area contributed by atoms with Gasteiger partial charge in [0.25, 0.3) is 5.91 Å². The number of amides is 1. The van der Waals surface area contributed by atoms with Crippen LogP contribution >= 0.6 is 0 Å². The fourth-order valence-electron chi connectivity index (χ4n) is 3.98. The summed E-state index contributed by atoms with van der Waals surface area (Å²) in [6.45, 7) is 3.81. The van der Waals surface area contributed by atoms with Crippen LogP contribution in [0.1, 0.15) is 54.2 Å². The molecule has 0 aliphatic carbocycles. The van der Waals surface area contributed by atoms with Gasteiger partial charge in [0, 0.05) is 5.54 Å². The maximum Gasteiger partial charge on any atom is 0.417 e. The quantitative estimate of drug-likeness (QED) is 0.549. The molecule has 1 aliphatic rings. The number of carbonyl (C=O) groups is 1. The summed E-state index contributed by atoms with van der Waals surface area (Å²) >= 11 is 0. The van der Waals surface area contributed by atoms with E-state index >= 15 is 0 Å². The second-order valence-electron chi connectivity index (χ2n) is 7.93. The number of benzene rings is 2. The van der Waals surface area contributed by atoms with E-state index in [0.29, 0.717) is 0 Å². The van der Waals surface area contributed by atoms with Crippen LogP contribution in [0.4, 0.5) is 26.3 Å². The van der Waals surface area contributed by atoms with E-state index in [9.17, 15) is 31.1 Å². The van der Waals surface area contributed by atoms with E-state index < -0.39 is 47.5 Å². The summed E-state index contributed by atoms with van der Waals surface area (Å²) < 4.78 is 73.7. The summed E-state index contributed by atoms with van der Waals surface area (Å²) in [5.74, 6) is -2.26. The van der Waals surface area contributed by atoms with Crippen LogP contribution in [0.25, 0.3) is 0 Å². The van der Waals surface area contributed by atoms with Gasteiger partial charge in [-0.05, 0) is 57.5 Å². The second-order valence-corrected chi connectivity index (χ2v) is 7.93. The zero-order valence-electron chi connectivity index (χ0n) is 17.9. The van der Waals surface area contributed by atoms with Crippen molar-refractivity contribution in [3.05, 3.63) is 71.0 Å². The van der Waals surface area contributed by atoms with Crippen LogP contribution in [-0.2, 0) is 6.18 Å². The molecule has 1 saturated heterocycles. The fraction of sp³-hybridized carbons (Fsp3) is 0.435. The number of hydrogen-bond acceptors (Lipinski definition) is 2. The molecular weight excluding hydrogens is 434 g/mol. The van der Waals surface area contributed by atoms with Crippen molar-refractivity contribution in [2.75, 3.05) is 20.0 Å². The maximum atomic E-state index is 14.3. The number of nitrogens with one attached hydrogen (secondary N) is 1. The number of nitrogens with zero attached hydrogens (tertiary/aromatic N) is 1. The normalized spacial score (nSPS) is 15.6. The van der Waals surface area contributed by atoms with Crippen molar-refractivity contribution in [3.63, 3.8) is 0 Å². The van der Waals surface area contributed by atoms with Gasteiger partial charge >= 0.3 is 6.18 Å². The molecule has 1 heterocycles. The predicted octanol–water partition coefficient (Wildman–Crippen LogP) is 6.07. The summed E-state index contributed by atoms with van der Waals surface area (Å²) in [7, 11) is 0. The van der Waals surface area contributed by atoms with Crippen LogP contribution in [0.2, 0.25) is 0 Å². The van der Waals surface area contributed by atoms with Crippen LogP contribution in [0.5, 0.6) is 0 Å². The molecule has 1 unspecified atom stereocenters. The van der Waals surface area contributed by atoms with Crippen LogP contribution in [0.15, 0.2) is 48.5 Å². The van der Waals surface area contributed by atoms with E-state index in [2.05, 4.69) is 10.2 Å². The molecule has 0 bridgehead atoms. The number of halogens is 6. The summed E-state index contributed by atoms with van der Waals surface area (Å²) in [5, 5.41) is 2.70. The van der Waals surface area contributed by atoms with Gasteiger partial charge in [-0.25, -0.2) is 13.2 Å². The molecule has 1 amide bonds. The van der Waals surface area contributed by atoms with Gasteiger partial charge in [-0.2, -0.15) is 13.2 Å². The average Bonchev–Trinajstić information content (AvgIpc) is 3.28. The van der Waals surface area contributed by atoms with Crippen molar-refractivity contribution in [1.82, 2.24) is 10.2 Å². The molecule has 3 rings (SSSR count). The SMILES string of the molecule is CC(C)(C(NC(=O)c1c(F)cccc1C(F)(F)F)c1ccccc1)N1CCCC1.FCF. The average molecular weight is 460 g/mol. The zero-order valence-corrected chi connectivity index (χ0v) is 17.9. The highest BCUT2D eigenvalue weighted by molar-refractivity contribution is 5.96. The standard InChI is InChI=1S/C22H24F4N2O.CH2F2/c1-21(2,28-13-6-7-14-28)19(15-9-4-3-5-10-15)27-20(29)18-16(22(24,25)26)11-8-12-17(18)23;2-1-3/h3-5,8-12,19H,6-7,13-14H2,1-2H3,(H,27,29);1H2. The molecule has 2 aromatic rings. The topological polar surface area (TPSA) is 32.3 Å². The first-order chi connectivity index (χ1) is 15.0. The lowest BCUT2D eigenvalue weighted by atomic mass is 9.86. The summed E-state index contributed by atoms with van der Waals surface area (Å²) in [4.78, 5) is 15.1. The zero-order chi connectivity index (χ0) is 23.9. The minimum Gasteiger partial charge on any atom is -0.343 e. The molecule has 2 aromatic carbocycles. The Morgan fingerprint density at radius 2 is 1.56 bits per heavy atom. The number of likely N-dealkylation sites (tertiary alicyclic amines) is 1. The second kappa shape index (κ2) is 10.8. The van der Waals surface area contributed by atoms with Gasteiger partial charge in [0.15, 0.2) is 0 Å². The fourth-order valence-corrected chi connectivity index (χ4v) is 3.98. The molecule has 1 atom stereocenters. The van der Waals surface area contributed by atoms with Gasteiger partial charge in [0.1, 0.15) is 5.82 Å². The molecular formula is C23H26F6N2O. The third kappa shape index (κ3) is 6.03. The van der Waals surface area contributed by atoms with Gasteiger partial charge in [0.05, 0.1) is 17.2 Å². The molecule has 0 spiro atoms. The molecule has 1 N–H and O–H groups in total. The molecule has 0 aromatic heterocycles. The Balaban J connectivity index is 0.00000114. The Morgan fingerprint density at radius 1 is 1.00 bits per heavy atom. The Labute approximate surface area is 183 Å². The smallest absolute Gasteiger partial charge is 0.343 e. The highest BCUT2D eigenvalue weighted by atomic mass is 19.4. The Hall–Kier alpha value is -2.55. The van der Waals surface area contributed by atoms with Crippen molar-refractivity contribution >= 4 is 5.91 Å². The lowest BCUT2D eigenvalue weighted by Crippen LogP contribution is -2.53. The molecule has 176 valence electrons. The largest absolute Gasteiger partial charge is 0.417 e. The molecule has 1 aliphatic heterocycles. The van der Waals surface area contributed by atoms with E-state index in [1.54, 1.807) is 12.1 Å². The number of alkyl halides is 5. The Kier molecular flexibility index (Phi) is 8.72. The first-order valence-electron chi connectivity index (χ1n) is 10.1. The molecule has 0 saturated carbocycles. The van der Waals surface area contributed by atoms with Crippen LogP contribution in [0, 0.1) is 5.82 Å². The number of hydrogen-bond donors (Lipinski definition) is 1. The first-order valence-corrected chi connectivity index (χ1v) is 10.1. The van der Waals surface area contributed by atoms with Gasteiger partial charge in [-0.15, -0.1) is 0 Å². The third-order valence-corrected chi connectivity index (χ3v) is 5.58. The summed E-state index contributed by atoms with van der Waals surface area (Å²) in [5.41, 5.74) is -2.07. The van der Waals surface area contributed by atoms with Crippen molar-refractivity contribution in [2.24, 2.45) is 0 Å². The van der Waals surface area contributed by atoms with Crippen LogP contribution in [0.3, 0.4) is 0 Å². The lowest BCUT2D eigenvalue weighted by Gasteiger charge is -2.42. The first kappa shape index (κ1) is 25.7. The summed E-state index contributed by atoms with van der Waals surface area (Å²) in [6.07, 6.45) is -2.80. The van der Waals surface area contributed by atoms with E-state index in [1.165, 1.54) is 0 Å². The molecule has 0 radical (unpaired) electrons. The van der Waals surface area contributed by atoms with E-state index in [1.807, 2.05) is 32.0 Å². The minimum absolute atomic E-state index is 0.572. The van der Waals surface area contributed by atoms with Crippen molar-refractivity contribution in [2.45, 2.75) is 44.4 Å². The van der Waals surface area contributed by atoms with Crippen LogP contribution < -0.4 is 5.32 Å². The van der Waals surface area contributed by atoms with Gasteiger partial charge in [-0.3, -0.25) is 9.69 Å². The van der Waals surface area contributed by atoms with E-state index in [0.717, 1.165) is 49.7 Å². The van der Waals surface area contributed by atoms with Gasteiger partial charge in [0.2, 0.25) is 6.93 Å². The number of carbonyl (C=O) groups excluding carboxylic acids is 1. The minimum atomic E-state index is -4.83. The van der Waals surface area contributed by atoms with Crippen molar-refractivity contribution in [1.29, 1.82) is 0 Å². The Morgan fingerprint density at radius 3 is 2.09 bits per heavy atom. The Bertz CT molecular complexity index is 880. The highest BCUT2D eigenvalue weighted by Gasteiger charge is 2.41. The molecule has 1 fully saturated rings. The van der Waals surface area contributed by atoms with Gasteiger partial charge in [-0.1, -0.05) is 36.4 Å². The third-order valence-electron chi connectivity index (χ3n) is 5.58. The van der Waals surface area contributed by atoms with E-state index in [4.69, 9.17) is 0 Å². The molecule has 32 heavy (non-hydrogen) atoms. The monoisotopic (exact) mass is 460 g/mol. The van der Waals surface area contributed by atoms with Crippen molar-refractivity contribution in [3.8, 4) is 0 Å². The highest BCUT2D eigenvalue weighted by Crippen LogP contribution is 2.36. The predicted molar refractivity (Wildman–Crippen MR) is 110 cm³/mol. The maximum absolute atomic E-state index is 14.3. The van der Waals surface area contributed by atoms with Crippen LogP contribution in [-0.4, -0.2) is 36.4 Å². The molecule has 3 nitrogen and oxygen atoms in total.